The average Bonchev–Trinajstić information content (AvgIpc) is 1.50. The first-order valence-electron chi connectivity index (χ1n) is 0.667. The standard InChI is InChI=1S/Al.FH3Si.O.H/c;1-2;;/h;2H3;;. The van der Waals surface area contributed by atoms with E-state index < -0.39 is 0 Å². The maximum absolute atomic E-state index is 9.64. The Labute approximate surface area is 35.4 Å². The van der Waals surface area contributed by atoms with Crippen LogP contribution in [0.4, 0.5) is 4.11 Å². The molecule has 0 atom stereocenters. The molecule has 0 heterocycles. The quantitative estimate of drug-likeness (QED) is 0.263. The number of hydrogen-bond donors (Lipinski definition) is 0. The van der Waals surface area contributed by atoms with Crippen molar-refractivity contribution in [2.45, 2.75) is 0 Å². The molecular formula is H4AlFOSi. The molecule has 0 aromatic rings. The van der Waals surface area contributed by atoms with E-state index in [9.17, 15) is 4.11 Å². The Morgan fingerprint density at radius 1 is 1.50 bits per heavy atom. The Morgan fingerprint density at radius 2 is 1.50 bits per heavy atom. The summed E-state index contributed by atoms with van der Waals surface area (Å²) < 4.78 is 17.9. The van der Waals surface area contributed by atoms with Gasteiger partial charge in [-0.1, -0.05) is 0 Å². The van der Waals surface area contributed by atoms with Gasteiger partial charge in [0.1, 0.15) is 0 Å². The average molecular weight is 94.1 g/mol. The van der Waals surface area contributed by atoms with Gasteiger partial charge in [-0.05, 0) is 0 Å². The van der Waals surface area contributed by atoms with Gasteiger partial charge in [0.05, 0.1) is 0 Å². The van der Waals surface area contributed by atoms with E-state index in [0.29, 0.717) is 16.2 Å². The van der Waals surface area contributed by atoms with Crippen LogP contribution in [0, 0.1) is 0 Å². The van der Waals surface area contributed by atoms with Crippen LogP contribution in [-0.2, 0) is 3.80 Å². The molecule has 0 spiro atoms. The molecule has 0 saturated carbocycles. The monoisotopic (exact) mass is 94.0 g/mol. The second-order valence-corrected chi connectivity index (χ2v) is 0. The van der Waals surface area contributed by atoms with Gasteiger partial charge in [0.25, 0.3) is 0 Å². The van der Waals surface area contributed by atoms with Gasteiger partial charge in [0.2, 0.25) is 10.6 Å². The first-order valence-corrected chi connectivity index (χ1v) is 2.00. The van der Waals surface area contributed by atoms with Gasteiger partial charge < -0.3 is 4.11 Å². The van der Waals surface area contributed by atoms with Crippen LogP contribution >= 0.6 is 0 Å². The second kappa shape index (κ2) is 93.1. The summed E-state index contributed by atoms with van der Waals surface area (Å²) in [7, 11) is -0.194. The zero-order valence-corrected chi connectivity index (χ0v) is 5.91. The first kappa shape index (κ1) is 8.82. The summed E-state index contributed by atoms with van der Waals surface area (Å²) in [5.41, 5.74) is 0. The van der Waals surface area contributed by atoms with E-state index in [1.54, 1.807) is 0 Å². The fraction of sp³-hybridized carbons (Fsp3) is 0. The summed E-state index contributed by atoms with van der Waals surface area (Å²) in [6.07, 6.45) is 0. The molecule has 0 unspecified atom stereocenters. The van der Waals surface area contributed by atoms with Gasteiger partial charge in [-0.3, -0.25) is 0 Å². The fourth-order valence-electron chi connectivity index (χ4n) is 0. The third kappa shape index (κ3) is 23.6. The molecule has 0 aliphatic rings. The van der Waals surface area contributed by atoms with Crippen molar-refractivity contribution in [1.82, 2.24) is 0 Å². The first-order chi connectivity index (χ1) is 2.00. The van der Waals surface area contributed by atoms with E-state index in [2.05, 4.69) is 0 Å². The number of rotatable bonds is 0. The Kier molecular flexibility index (Phi) is 205. The summed E-state index contributed by atoms with van der Waals surface area (Å²) in [5, 5.41) is 0. The molecule has 24 valence electrons. The normalized spacial score (nSPS) is 3.00. The molecule has 4 heavy (non-hydrogen) atoms. The molecule has 0 N–H and O–H groups in total. The van der Waals surface area contributed by atoms with Crippen LogP contribution in [-0.4, -0.2) is 26.8 Å². The van der Waals surface area contributed by atoms with Crippen LogP contribution in [0.1, 0.15) is 0 Å². The van der Waals surface area contributed by atoms with Crippen molar-refractivity contribution < 1.29 is 7.91 Å². The van der Waals surface area contributed by atoms with Crippen molar-refractivity contribution in [2.24, 2.45) is 0 Å². The summed E-state index contributed by atoms with van der Waals surface area (Å²) in [6.45, 7) is 0. The minimum absolute atomic E-state index is 0.194. The Balaban J connectivity index is 0. The molecule has 4 heteroatoms. The SMILES string of the molecule is F[SiH3].[O]=[AlH]. The number of halogens is 1. The van der Waals surface area contributed by atoms with Crippen LogP contribution in [0.15, 0.2) is 0 Å². The summed E-state index contributed by atoms with van der Waals surface area (Å²) in [4.78, 5) is 0. The Morgan fingerprint density at radius 3 is 1.50 bits per heavy atom. The van der Waals surface area contributed by atoms with Gasteiger partial charge in [-0.25, -0.2) is 0 Å². The second-order valence-electron chi connectivity index (χ2n) is 0. The van der Waals surface area contributed by atoms with Gasteiger partial charge in [0.15, 0.2) is 0 Å². The zero-order valence-electron chi connectivity index (χ0n) is 2.49. The van der Waals surface area contributed by atoms with E-state index in [1.165, 1.54) is 0 Å². The molecule has 0 radical (unpaired) electrons. The van der Waals surface area contributed by atoms with Crippen LogP contribution in [0.5, 0.6) is 0 Å². The van der Waals surface area contributed by atoms with Crippen molar-refractivity contribution in [1.29, 1.82) is 0 Å². The van der Waals surface area contributed by atoms with Crippen molar-refractivity contribution in [3.63, 3.8) is 0 Å². The summed E-state index contributed by atoms with van der Waals surface area (Å²) >= 11 is 0.611. The van der Waals surface area contributed by atoms with E-state index in [1.807, 2.05) is 0 Å². The van der Waals surface area contributed by atoms with E-state index >= 15 is 0 Å². The van der Waals surface area contributed by atoms with Crippen molar-refractivity contribution >= 4 is 26.8 Å². The molecule has 0 bridgehead atoms. The molecule has 0 rings (SSSR count). The molecule has 0 aromatic carbocycles. The molecule has 1 nitrogen and oxygen atoms in total. The molecule has 0 aromatic heterocycles. The number of hydrogen-bond acceptors (Lipinski definition) is 1. The van der Waals surface area contributed by atoms with Crippen LogP contribution in [0.3, 0.4) is 0 Å². The third-order valence-corrected chi connectivity index (χ3v) is 0. The van der Waals surface area contributed by atoms with Crippen molar-refractivity contribution in [3.8, 4) is 0 Å². The molecule has 0 saturated heterocycles. The van der Waals surface area contributed by atoms with E-state index in [0.717, 1.165) is 0 Å². The van der Waals surface area contributed by atoms with Crippen LogP contribution in [0.2, 0.25) is 0 Å². The van der Waals surface area contributed by atoms with Crippen molar-refractivity contribution in [3.05, 3.63) is 0 Å². The molecular weight excluding hydrogens is 90.1 g/mol. The summed E-state index contributed by atoms with van der Waals surface area (Å²) in [6, 6.07) is 0. The molecule has 0 aliphatic carbocycles. The van der Waals surface area contributed by atoms with E-state index in [-0.39, 0.29) is 10.6 Å². The topological polar surface area (TPSA) is 17.1 Å². The van der Waals surface area contributed by atoms with E-state index in [4.69, 9.17) is 3.80 Å². The van der Waals surface area contributed by atoms with Crippen molar-refractivity contribution in [2.75, 3.05) is 0 Å². The van der Waals surface area contributed by atoms with Gasteiger partial charge in [0, 0.05) is 0 Å². The predicted octanol–water partition coefficient (Wildman–Crippen LogP) is -1.53. The van der Waals surface area contributed by atoms with Crippen LogP contribution < -0.4 is 0 Å². The molecule has 0 amide bonds. The zero-order chi connectivity index (χ0) is 4.00. The minimum atomic E-state index is -0.194. The molecule has 0 fully saturated rings. The maximum atomic E-state index is 9.64. The van der Waals surface area contributed by atoms with Gasteiger partial charge >= 0.3 is 20.0 Å². The predicted molar refractivity (Wildman–Crippen MR) is 18.9 cm³/mol. The molecule has 0 aliphatic heterocycles. The third-order valence-electron chi connectivity index (χ3n) is 0. The fourth-order valence-corrected chi connectivity index (χ4v) is 0. The van der Waals surface area contributed by atoms with Gasteiger partial charge in [-0.15, -0.1) is 0 Å². The Bertz CT molecular complexity index is 8.00. The van der Waals surface area contributed by atoms with Gasteiger partial charge in [-0.2, -0.15) is 0 Å². The Hall–Kier alpha value is 0.479. The van der Waals surface area contributed by atoms with Crippen LogP contribution in [0.25, 0.3) is 0 Å². The summed E-state index contributed by atoms with van der Waals surface area (Å²) in [5.74, 6) is 0.